The van der Waals surface area contributed by atoms with Crippen molar-refractivity contribution in [2.24, 2.45) is 5.73 Å². The van der Waals surface area contributed by atoms with Crippen LogP contribution < -0.4 is 5.73 Å². The fourth-order valence-electron chi connectivity index (χ4n) is 1.53. The molecule has 0 saturated carbocycles. The third-order valence-corrected chi connectivity index (χ3v) is 2.42. The zero-order chi connectivity index (χ0) is 10.6. The van der Waals surface area contributed by atoms with Gasteiger partial charge in [0.25, 0.3) is 0 Å². The second kappa shape index (κ2) is 5.11. The average Bonchev–Trinajstić information content (AvgIpc) is 2.18. The number of aryl methyl sites for hydroxylation is 1. The molecule has 0 aliphatic carbocycles. The number of hydrogen-bond acceptors (Lipinski definition) is 1. The summed E-state index contributed by atoms with van der Waals surface area (Å²) >= 11 is 0. The largest absolute Gasteiger partial charge is 0.324 e. The minimum Gasteiger partial charge on any atom is -0.324 e. The lowest BCUT2D eigenvalue weighted by molar-refractivity contribution is 0.547. The fourth-order valence-corrected chi connectivity index (χ4v) is 1.53. The van der Waals surface area contributed by atoms with Crippen LogP contribution in [0.4, 0.5) is 4.39 Å². The minimum absolute atomic E-state index is 0.158. The Labute approximate surface area is 85.1 Å². The fraction of sp³-hybridized carbons (Fsp3) is 0.500. The molecule has 2 heteroatoms. The lowest BCUT2D eigenvalue weighted by Gasteiger charge is -2.12. The molecule has 0 bridgehead atoms. The second-order valence-electron chi connectivity index (χ2n) is 3.77. The van der Waals surface area contributed by atoms with Crippen molar-refractivity contribution in [1.82, 2.24) is 0 Å². The van der Waals surface area contributed by atoms with E-state index in [4.69, 9.17) is 5.73 Å². The summed E-state index contributed by atoms with van der Waals surface area (Å²) < 4.78 is 13.4. The third kappa shape index (κ3) is 2.81. The molecule has 1 aromatic carbocycles. The smallest absolute Gasteiger partial charge is 0.127 e. The van der Waals surface area contributed by atoms with E-state index in [9.17, 15) is 4.39 Å². The molecule has 0 aliphatic heterocycles. The van der Waals surface area contributed by atoms with E-state index >= 15 is 0 Å². The Morgan fingerprint density at radius 1 is 1.43 bits per heavy atom. The highest BCUT2D eigenvalue weighted by atomic mass is 19.1. The van der Waals surface area contributed by atoms with E-state index < -0.39 is 0 Å². The molecule has 1 aromatic rings. The molecule has 14 heavy (non-hydrogen) atoms. The monoisotopic (exact) mass is 195 g/mol. The maximum atomic E-state index is 13.4. The zero-order valence-electron chi connectivity index (χ0n) is 8.89. The summed E-state index contributed by atoms with van der Waals surface area (Å²) in [6, 6.07) is 4.95. The van der Waals surface area contributed by atoms with Crippen molar-refractivity contribution in [2.75, 3.05) is 0 Å². The van der Waals surface area contributed by atoms with Crippen molar-refractivity contribution in [3.05, 3.63) is 35.1 Å². The van der Waals surface area contributed by atoms with Crippen LogP contribution in [0.3, 0.4) is 0 Å². The van der Waals surface area contributed by atoms with E-state index in [0.29, 0.717) is 5.56 Å². The first-order valence-corrected chi connectivity index (χ1v) is 5.16. The number of halogens is 1. The first-order valence-electron chi connectivity index (χ1n) is 5.16. The van der Waals surface area contributed by atoms with Crippen molar-refractivity contribution < 1.29 is 4.39 Å². The molecular formula is C12H18FN. The summed E-state index contributed by atoms with van der Waals surface area (Å²) in [6.07, 6.45) is 3.01. The highest BCUT2D eigenvalue weighted by Gasteiger charge is 2.10. The van der Waals surface area contributed by atoms with Crippen LogP contribution in [0.5, 0.6) is 0 Å². The van der Waals surface area contributed by atoms with Crippen LogP contribution in [-0.2, 0) is 0 Å². The van der Waals surface area contributed by atoms with Gasteiger partial charge in [-0.15, -0.1) is 0 Å². The molecule has 1 rings (SSSR count). The van der Waals surface area contributed by atoms with Crippen LogP contribution in [0.1, 0.15) is 43.4 Å². The van der Waals surface area contributed by atoms with Gasteiger partial charge in [-0.3, -0.25) is 0 Å². The Balaban J connectivity index is 2.77. The molecule has 0 aliphatic rings. The summed E-state index contributed by atoms with van der Waals surface area (Å²) in [4.78, 5) is 0. The lowest BCUT2D eigenvalue weighted by atomic mass is 10.00. The third-order valence-electron chi connectivity index (χ3n) is 2.42. The van der Waals surface area contributed by atoms with Crippen molar-refractivity contribution in [3.8, 4) is 0 Å². The Morgan fingerprint density at radius 2 is 2.14 bits per heavy atom. The SMILES string of the molecule is CCCC[C@@H](N)c1cc(C)ccc1F. The van der Waals surface area contributed by atoms with Gasteiger partial charge in [0.1, 0.15) is 5.82 Å². The lowest BCUT2D eigenvalue weighted by Crippen LogP contribution is -2.12. The number of unbranched alkanes of at least 4 members (excludes halogenated alkanes) is 1. The molecule has 1 nitrogen and oxygen atoms in total. The van der Waals surface area contributed by atoms with Gasteiger partial charge in [-0.05, 0) is 19.4 Å². The maximum absolute atomic E-state index is 13.4. The molecule has 0 saturated heterocycles. The summed E-state index contributed by atoms with van der Waals surface area (Å²) in [7, 11) is 0. The highest BCUT2D eigenvalue weighted by Crippen LogP contribution is 2.20. The van der Waals surface area contributed by atoms with E-state index in [-0.39, 0.29) is 11.9 Å². The highest BCUT2D eigenvalue weighted by molar-refractivity contribution is 5.26. The zero-order valence-corrected chi connectivity index (χ0v) is 8.89. The van der Waals surface area contributed by atoms with Crippen LogP contribution in [0.25, 0.3) is 0 Å². The summed E-state index contributed by atoms with van der Waals surface area (Å²) in [5.41, 5.74) is 7.63. The molecule has 0 fully saturated rings. The van der Waals surface area contributed by atoms with Crippen molar-refractivity contribution in [2.45, 2.75) is 39.2 Å². The van der Waals surface area contributed by atoms with Gasteiger partial charge >= 0.3 is 0 Å². The van der Waals surface area contributed by atoms with E-state index in [0.717, 1.165) is 24.8 Å². The predicted octanol–water partition coefficient (Wildman–Crippen LogP) is 3.32. The quantitative estimate of drug-likeness (QED) is 0.783. The van der Waals surface area contributed by atoms with Crippen molar-refractivity contribution >= 4 is 0 Å². The molecule has 0 unspecified atom stereocenters. The maximum Gasteiger partial charge on any atom is 0.127 e. The summed E-state index contributed by atoms with van der Waals surface area (Å²) in [5.74, 6) is -0.181. The van der Waals surface area contributed by atoms with Gasteiger partial charge in [-0.25, -0.2) is 4.39 Å². The average molecular weight is 195 g/mol. The molecule has 0 heterocycles. The van der Waals surface area contributed by atoms with E-state index in [1.807, 2.05) is 13.0 Å². The predicted molar refractivity (Wildman–Crippen MR) is 57.6 cm³/mol. The molecule has 2 N–H and O–H groups in total. The first kappa shape index (κ1) is 11.2. The Kier molecular flexibility index (Phi) is 4.08. The Bertz CT molecular complexity index is 296. The van der Waals surface area contributed by atoms with Gasteiger partial charge in [0.05, 0.1) is 0 Å². The normalized spacial score (nSPS) is 12.9. The van der Waals surface area contributed by atoms with E-state index in [1.165, 1.54) is 6.07 Å². The number of nitrogens with two attached hydrogens (primary N) is 1. The number of rotatable bonds is 4. The number of hydrogen-bond donors (Lipinski definition) is 1. The molecule has 0 radical (unpaired) electrons. The summed E-state index contributed by atoms with van der Waals surface area (Å²) in [6.45, 7) is 4.06. The molecule has 78 valence electrons. The minimum atomic E-state index is -0.181. The Morgan fingerprint density at radius 3 is 2.79 bits per heavy atom. The molecule has 0 aromatic heterocycles. The van der Waals surface area contributed by atoms with Crippen LogP contribution in [0.15, 0.2) is 18.2 Å². The van der Waals surface area contributed by atoms with Crippen LogP contribution in [0.2, 0.25) is 0 Å². The molecular weight excluding hydrogens is 177 g/mol. The van der Waals surface area contributed by atoms with Crippen LogP contribution in [-0.4, -0.2) is 0 Å². The van der Waals surface area contributed by atoms with Crippen LogP contribution in [0, 0.1) is 12.7 Å². The van der Waals surface area contributed by atoms with Crippen molar-refractivity contribution in [1.29, 1.82) is 0 Å². The van der Waals surface area contributed by atoms with Gasteiger partial charge < -0.3 is 5.73 Å². The van der Waals surface area contributed by atoms with Gasteiger partial charge in [0, 0.05) is 11.6 Å². The van der Waals surface area contributed by atoms with Crippen molar-refractivity contribution in [3.63, 3.8) is 0 Å². The van der Waals surface area contributed by atoms with Gasteiger partial charge in [-0.1, -0.05) is 37.5 Å². The first-order chi connectivity index (χ1) is 6.65. The number of benzene rings is 1. The van der Waals surface area contributed by atoms with Gasteiger partial charge in [-0.2, -0.15) is 0 Å². The standard InChI is InChI=1S/C12H18FN/c1-3-4-5-12(14)10-8-9(2)6-7-11(10)13/h6-8,12H,3-5,14H2,1-2H3/t12-/m1/s1. The van der Waals surface area contributed by atoms with Crippen LogP contribution >= 0.6 is 0 Å². The second-order valence-corrected chi connectivity index (χ2v) is 3.77. The Hall–Kier alpha value is -0.890. The molecule has 1 atom stereocenters. The van der Waals surface area contributed by atoms with E-state index in [2.05, 4.69) is 6.92 Å². The topological polar surface area (TPSA) is 26.0 Å². The summed E-state index contributed by atoms with van der Waals surface area (Å²) in [5, 5.41) is 0. The van der Waals surface area contributed by atoms with Gasteiger partial charge in [0.2, 0.25) is 0 Å². The van der Waals surface area contributed by atoms with Gasteiger partial charge in [0.15, 0.2) is 0 Å². The molecule has 0 amide bonds. The van der Waals surface area contributed by atoms with E-state index in [1.54, 1.807) is 6.07 Å². The molecule has 0 spiro atoms.